The molecular formula is C15H20N2O2. The summed E-state index contributed by atoms with van der Waals surface area (Å²) in [5.41, 5.74) is 6.69. The van der Waals surface area contributed by atoms with Gasteiger partial charge in [0.05, 0.1) is 12.2 Å². The number of hydrogen-bond donors (Lipinski definition) is 1. The fourth-order valence-corrected chi connectivity index (χ4v) is 3.24. The third kappa shape index (κ3) is 2.21. The summed E-state index contributed by atoms with van der Waals surface area (Å²) >= 11 is 0. The summed E-state index contributed by atoms with van der Waals surface area (Å²) in [6.07, 6.45) is 3.17. The van der Waals surface area contributed by atoms with Gasteiger partial charge in [0.1, 0.15) is 12.4 Å². The number of carbonyl (C=O) groups excluding carboxylic acids is 1. The standard InChI is InChI=1S/C15H20N2O2/c16-10-11-4-3-5-12(11)15(18)17-8-9-19-14-7-2-1-6-13(14)17/h1-2,6-7,11-12H,3-5,8-10,16H2. The van der Waals surface area contributed by atoms with Gasteiger partial charge in [-0.25, -0.2) is 0 Å². The molecule has 1 amide bonds. The van der Waals surface area contributed by atoms with Crippen LogP contribution in [0, 0.1) is 11.8 Å². The molecule has 0 radical (unpaired) electrons. The predicted octanol–water partition coefficient (Wildman–Crippen LogP) is 1.79. The normalized spacial score (nSPS) is 25.8. The molecule has 1 fully saturated rings. The van der Waals surface area contributed by atoms with Gasteiger partial charge in [0.2, 0.25) is 5.91 Å². The molecule has 4 heteroatoms. The minimum atomic E-state index is 0.0937. The smallest absolute Gasteiger partial charge is 0.230 e. The summed E-state index contributed by atoms with van der Waals surface area (Å²) in [6, 6.07) is 7.76. The van der Waals surface area contributed by atoms with Crippen LogP contribution in [0.4, 0.5) is 5.69 Å². The maximum atomic E-state index is 12.7. The van der Waals surface area contributed by atoms with Crippen LogP contribution in [0.1, 0.15) is 19.3 Å². The van der Waals surface area contributed by atoms with Gasteiger partial charge in [0.25, 0.3) is 0 Å². The average molecular weight is 260 g/mol. The third-order valence-electron chi connectivity index (χ3n) is 4.27. The Kier molecular flexibility index (Phi) is 3.42. The van der Waals surface area contributed by atoms with Gasteiger partial charge in [-0.2, -0.15) is 0 Å². The van der Waals surface area contributed by atoms with Gasteiger partial charge in [0, 0.05) is 5.92 Å². The number of carbonyl (C=O) groups is 1. The minimum Gasteiger partial charge on any atom is -0.490 e. The lowest BCUT2D eigenvalue weighted by Gasteiger charge is -2.32. The number of amides is 1. The van der Waals surface area contributed by atoms with Crippen molar-refractivity contribution >= 4 is 11.6 Å². The first kappa shape index (κ1) is 12.5. The molecule has 1 aliphatic heterocycles. The highest BCUT2D eigenvalue weighted by atomic mass is 16.5. The van der Waals surface area contributed by atoms with Crippen LogP contribution in [0.15, 0.2) is 24.3 Å². The minimum absolute atomic E-state index is 0.0937. The van der Waals surface area contributed by atoms with Crippen molar-refractivity contribution in [2.75, 3.05) is 24.6 Å². The zero-order valence-electron chi connectivity index (χ0n) is 11.0. The van der Waals surface area contributed by atoms with E-state index in [-0.39, 0.29) is 11.8 Å². The molecule has 2 N–H and O–H groups in total. The van der Waals surface area contributed by atoms with Crippen LogP contribution in [0.25, 0.3) is 0 Å². The van der Waals surface area contributed by atoms with Crippen molar-refractivity contribution in [2.24, 2.45) is 17.6 Å². The first-order valence-electron chi connectivity index (χ1n) is 7.04. The molecule has 0 saturated heterocycles. The molecule has 0 bridgehead atoms. The maximum Gasteiger partial charge on any atom is 0.230 e. The third-order valence-corrected chi connectivity index (χ3v) is 4.27. The van der Waals surface area contributed by atoms with Gasteiger partial charge in [-0.1, -0.05) is 18.6 Å². The highest BCUT2D eigenvalue weighted by Crippen LogP contribution is 2.37. The Balaban J connectivity index is 1.85. The second-order valence-corrected chi connectivity index (χ2v) is 5.34. The highest BCUT2D eigenvalue weighted by Gasteiger charge is 2.36. The molecule has 2 aliphatic rings. The second-order valence-electron chi connectivity index (χ2n) is 5.34. The van der Waals surface area contributed by atoms with Crippen molar-refractivity contribution in [3.05, 3.63) is 24.3 Å². The molecule has 2 atom stereocenters. The van der Waals surface area contributed by atoms with E-state index in [2.05, 4.69) is 0 Å². The molecule has 102 valence electrons. The summed E-state index contributed by atoms with van der Waals surface area (Å²) in [5.74, 6) is 1.48. The quantitative estimate of drug-likeness (QED) is 0.882. The summed E-state index contributed by atoms with van der Waals surface area (Å²) in [5, 5.41) is 0. The first-order valence-corrected chi connectivity index (χ1v) is 7.04. The van der Waals surface area contributed by atoms with Crippen LogP contribution in [0.3, 0.4) is 0 Å². The Morgan fingerprint density at radius 1 is 1.37 bits per heavy atom. The molecule has 4 nitrogen and oxygen atoms in total. The van der Waals surface area contributed by atoms with E-state index in [9.17, 15) is 4.79 Å². The number of nitrogens with two attached hydrogens (primary N) is 1. The fraction of sp³-hybridized carbons (Fsp3) is 0.533. The molecular weight excluding hydrogens is 240 g/mol. The lowest BCUT2D eigenvalue weighted by Crippen LogP contribution is -2.43. The van der Waals surface area contributed by atoms with Crippen molar-refractivity contribution in [1.29, 1.82) is 0 Å². The van der Waals surface area contributed by atoms with Crippen molar-refractivity contribution in [3.63, 3.8) is 0 Å². The zero-order chi connectivity index (χ0) is 13.2. The molecule has 1 saturated carbocycles. The van der Waals surface area contributed by atoms with E-state index in [0.717, 1.165) is 30.7 Å². The van der Waals surface area contributed by atoms with E-state index in [1.165, 1.54) is 0 Å². The molecule has 1 aromatic carbocycles. The average Bonchev–Trinajstić information content (AvgIpc) is 2.94. The molecule has 1 aromatic rings. The van der Waals surface area contributed by atoms with Gasteiger partial charge in [-0.3, -0.25) is 4.79 Å². The Bertz CT molecular complexity index is 475. The summed E-state index contributed by atoms with van der Waals surface area (Å²) < 4.78 is 5.60. The number of rotatable bonds is 2. The van der Waals surface area contributed by atoms with Crippen molar-refractivity contribution < 1.29 is 9.53 Å². The zero-order valence-corrected chi connectivity index (χ0v) is 11.0. The predicted molar refractivity (Wildman–Crippen MR) is 74.2 cm³/mol. The number of ether oxygens (including phenoxy) is 1. The molecule has 0 aromatic heterocycles. The Morgan fingerprint density at radius 2 is 2.21 bits per heavy atom. The monoisotopic (exact) mass is 260 g/mol. The lowest BCUT2D eigenvalue weighted by molar-refractivity contribution is -0.123. The highest BCUT2D eigenvalue weighted by molar-refractivity contribution is 5.97. The topological polar surface area (TPSA) is 55.6 Å². The van der Waals surface area contributed by atoms with Crippen molar-refractivity contribution in [3.8, 4) is 5.75 Å². The SMILES string of the molecule is NCC1CCCC1C(=O)N1CCOc2ccccc21. The molecule has 2 unspecified atom stereocenters. The fourth-order valence-electron chi connectivity index (χ4n) is 3.24. The van der Waals surface area contributed by atoms with Gasteiger partial charge in [-0.15, -0.1) is 0 Å². The largest absolute Gasteiger partial charge is 0.490 e. The van der Waals surface area contributed by atoms with E-state index in [1.54, 1.807) is 0 Å². The van der Waals surface area contributed by atoms with Gasteiger partial charge >= 0.3 is 0 Å². The van der Waals surface area contributed by atoms with Gasteiger partial charge < -0.3 is 15.4 Å². The van der Waals surface area contributed by atoms with Crippen LogP contribution in [0.2, 0.25) is 0 Å². The number of anilines is 1. The van der Waals surface area contributed by atoms with E-state index < -0.39 is 0 Å². The van der Waals surface area contributed by atoms with Crippen LogP contribution < -0.4 is 15.4 Å². The first-order chi connectivity index (χ1) is 9.31. The van der Waals surface area contributed by atoms with Gasteiger partial charge in [-0.05, 0) is 37.4 Å². The number of benzene rings is 1. The van der Waals surface area contributed by atoms with Crippen molar-refractivity contribution in [1.82, 2.24) is 0 Å². The number of para-hydroxylation sites is 2. The maximum absolute atomic E-state index is 12.7. The number of nitrogens with zero attached hydrogens (tertiary/aromatic N) is 1. The molecule has 1 aliphatic carbocycles. The van der Waals surface area contributed by atoms with Crippen molar-refractivity contribution in [2.45, 2.75) is 19.3 Å². The van der Waals surface area contributed by atoms with Crippen LogP contribution in [-0.4, -0.2) is 25.6 Å². The van der Waals surface area contributed by atoms with E-state index in [0.29, 0.717) is 25.6 Å². The lowest BCUT2D eigenvalue weighted by atomic mass is 9.94. The molecule has 0 spiro atoms. The van der Waals surface area contributed by atoms with E-state index in [1.807, 2.05) is 29.2 Å². The molecule has 3 rings (SSSR count). The number of fused-ring (bicyclic) bond motifs is 1. The van der Waals surface area contributed by atoms with E-state index >= 15 is 0 Å². The van der Waals surface area contributed by atoms with E-state index in [4.69, 9.17) is 10.5 Å². The Morgan fingerprint density at radius 3 is 3.05 bits per heavy atom. The summed E-state index contributed by atoms with van der Waals surface area (Å²) in [4.78, 5) is 14.6. The van der Waals surface area contributed by atoms with Gasteiger partial charge in [0.15, 0.2) is 0 Å². The second kappa shape index (κ2) is 5.21. The van der Waals surface area contributed by atoms with Crippen LogP contribution in [0.5, 0.6) is 5.75 Å². The molecule has 19 heavy (non-hydrogen) atoms. The summed E-state index contributed by atoms with van der Waals surface area (Å²) in [7, 11) is 0. The Labute approximate surface area is 113 Å². The summed E-state index contributed by atoms with van der Waals surface area (Å²) in [6.45, 7) is 1.83. The molecule has 1 heterocycles. The number of hydrogen-bond acceptors (Lipinski definition) is 3. The van der Waals surface area contributed by atoms with Crippen LogP contribution in [-0.2, 0) is 4.79 Å². The Hall–Kier alpha value is -1.55. The van der Waals surface area contributed by atoms with Crippen LogP contribution >= 0.6 is 0 Å².